The van der Waals surface area contributed by atoms with E-state index in [4.69, 9.17) is 5.11 Å². The SMILES string of the molecule is C[C@@]12C(=O)N(c3ccccc3)C(=O)[C@@H]1C[C@@H]1C(=CC[C@@H]3C(=O)N(CCC(=O)O)C(=O)[C@@H]31)[C@@H]2c1ccc(O)c(F)c1. The Hall–Kier alpha value is -4.34. The van der Waals surface area contributed by atoms with E-state index in [1.165, 1.54) is 12.1 Å². The smallest absolute Gasteiger partial charge is 0.305 e. The molecular formula is C30H27FN2O7. The highest BCUT2D eigenvalue weighted by atomic mass is 19.1. The predicted molar refractivity (Wildman–Crippen MR) is 138 cm³/mol. The zero-order valence-corrected chi connectivity index (χ0v) is 21.6. The summed E-state index contributed by atoms with van der Waals surface area (Å²) in [5, 5.41) is 19.0. The highest BCUT2D eigenvalue weighted by molar-refractivity contribution is 6.24. The molecule has 2 aliphatic heterocycles. The fraction of sp³-hybridized carbons (Fsp3) is 0.367. The zero-order valence-electron chi connectivity index (χ0n) is 21.6. The van der Waals surface area contributed by atoms with Crippen LogP contribution in [0.4, 0.5) is 10.1 Å². The summed E-state index contributed by atoms with van der Waals surface area (Å²) < 4.78 is 14.7. The minimum atomic E-state index is -1.32. The molecule has 2 aromatic rings. The van der Waals surface area contributed by atoms with E-state index in [1.54, 1.807) is 37.3 Å². The molecule has 6 rings (SSSR count). The largest absolute Gasteiger partial charge is 0.505 e. The van der Waals surface area contributed by atoms with Gasteiger partial charge in [-0.3, -0.25) is 28.9 Å². The Morgan fingerprint density at radius 3 is 2.42 bits per heavy atom. The maximum atomic E-state index is 14.7. The number of aliphatic carboxylic acids is 1. The first-order valence-corrected chi connectivity index (χ1v) is 13.2. The molecule has 2 aromatic carbocycles. The maximum Gasteiger partial charge on any atom is 0.305 e. The van der Waals surface area contributed by atoms with Crippen molar-refractivity contribution in [1.29, 1.82) is 0 Å². The molecule has 0 radical (unpaired) electrons. The topological polar surface area (TPSA) is 132 Å². The second-order valence-electron chi connectivity index (χ2n) is 11.2. The van der Waals surface area contributed by atoms with Crippen LogP contribution >= 0.6 is 0 Å². The quantitative estimate of drug-likeness (QED) is 0.435. The van der Waals surface area contributed by atoms with Gasteiger partial charge in [-0.25, -0.2) is 9.29 Å². The van der Waals surface area contributed by atoms with Crippen molar-refractivity contribution in [3.05, 3.63) is 71.6 Å². The molecule has 0 spiro atoms. The van der Waals surface area contributed by atoms with Crippen molar-refractivity contribution in [2.24, 2.45) is 29.1 Å². The Morgan fingerprint density at radius 1 is 1.02 bits per heavy atom. The van der Waals surface area contributed by atoms with Crippen LogP contribution in [0.1, 0.15) is 37.7 Å². The lowest BCUT2D eigenvalue weighted by Gasteiger charge is -2.49. The van der Waals surface area contributed by atoms with E-state index in [1.807, 2.05) is 6.08 Å². The summed E-state index contributed by atoms with van der Waals surface area (Å²) in [6.45, 7) is 1.45. The summed E-state index contributed by atoms with van der Waals surface area (Å²) in [5.74, 6) is -8.11. The Bertz CT molecular complexity index is 1500. The van der Waals surface area contributed by atoms with Crippen molar-refractivity contribution >= 4 is 35.3 Å². The van der Waals surface area contributed by atoms with E-state index in [9.17, 15) is 33.5 Å². The minimum absolute atomic E-state index is 0.139. The number of anilines is 1. The third-order valence-corrected chi connectivity index (χ3v) is 9.23. The van der Waals surface area contributed by atoms with Crippen LogP contribution in [0, 0.1) is 34.9 Å². The number of carbonyl (C=O) groups is 5. The molecule has 4 amide bonds. The number of carbonyl (C=O) groups excluding carboxylic acids is 4. The molecule has 9 nitrogen and oxygen atoms in total. The third kappa shape index (κ3) is 3.54. The molecule has 40 heavy (non-hydrogen) atoms. The zero-order chi connectivity index (χ0) is 28.5. The molecule has 4 aliphatic rings. The van der Waals surface area contributed by atoms with E-state index in [0.717, 1.165) is 15.9 Å². The standard InChI is InChI=1S/C30H27FN2O7/c1-30-20(27(38)33(29(30)40)16-5-3-2-4-6-16)14-19-17(25(30)15-7-10-22(34)21(31)13-15)8-9-18-24(19)28(39)32(26(18)37)12-11-23(35)36/h2-8,10,13,18-20,24-25,34H,9,11-12,14H2,1H3,(H,35,36)/t18-,19+,20-,24-,25-,30+/m0/s1. The molecule has 1 saturated carbocycles. The van der Waals surface area contributed by atoms with Gasteiger partial charge in [-0.1, -0.05) is 35.9 Å². The van der Waals surface area contributed by atoms with Gasteiger partial charge in [-0.05, 0) is 55.5 Å². The summed E-state index contributed by atoms with van der Waals surface area (Å²) in [6, 6.07) is 12.4. The average molecular weight is 547 g/mol. The predicted octanol–water partition coefficient (Wildman–Crippen LogP) is 3.24. The normalized spacial score (nSPS) is 31.1. The van der Waals surface area contributed by atoms with E-state index >= 15 is 0 Å². The number of halogens is 1. The van der Waals surface area contributed by atoms with Crippen LogP contribution in [-0.2, 0) is 24.0 Å². The summed E-state index contributed by atoms with van der Waals surface area (Å²) in [6.07, 6.45) is 1.79. The number of nitrogens with zero attached hydrogens (tertiary/aromatic N) is 2. The Balaban J connectivity index is 1.48. The number of likely N-dealkylation sites (tertiary alicyclic amines) is 1. The summed E-state index contributed by atoms with van der Waals surface area (Å²) >= 11 is 0. The maximum absolute atomic E-state index is 14.7. The molecule has 3 fully saturated rings. The van der Waals surface area contributed by atoms with Gasteiger partial charge in [0.2, 0.25) is 23.6 Å². The molecule has 2 aliphatic carbocycles. The first kappa shape index (κ1) is 25.9. The number of aromatic hydroxyl groups is 1. The lowest BCUT2D eigenvalue weighted by atomic mass is 9.51. The number of phenolic OH excluding ortho intramolecular Hbond substituents is 1. The fourth-order valence-corrected chi connectivity index (χ4v) is 7.41. The molecule has 0 aromatic heterocycles. The van der Waals surface area contributed by atoms with Gasteiger partial charge in [0.1, 0.15) is 0 Å². The van der Waals surface area contributed by atoms with Gasteiger partial charge < -0.3 is 10.2 Å². The van der Waals surface area contributed by atoms with E-state index in [2.05, 4.69) is 0 Å². The number of hydrogen-bond donors (Lipinski definition) is 2. The van der Waals surface area contributed by atoms with Crippen molar-refractivity contribution in [3.8, 4) is 5.75 Å². The van der Waals surface area contributed by atoms with Gasteiger partial charge >= 0.3 is 5.97 Å². The molecular weight excluding hydrogens is 519 g/mol. The van der Waals surface area contributed by atoms with Crippen molar-refractivity contribution in [3.63, 3.8) is 0 Å². The van der Waals surface area contributed by atoms with Crippen LogP contribution < -0.4 is 4.90 Å². The average Bonchev–Trinajstić information content (AvgIpc) is 3.29. The molecule has 2 N–H and O–H groups in total. The van der Waals surface area contributed by atoms with Crippen LogP contribution in [-0.4, -0.2) is 51.3 Å². The number of hydrogen-bond acceptors (Lipinski definition) is 6. The van der Waals surface area contributed by atoms with E-state index < -0.39 is 76.2 Å². The summed E-state index contributed by atoms with van der Waals surface area (Å²) in [7, 11) is 0. The number of allylic oxidation sites excluding steroid dienone is 2. The van der Waals surface area contributed by atoms with Crippen LogP contribution in [0.2, 0.25) is 0 Å². The number of carboxylic acids is 1. The molecule has 6 atom stereocenters. The van der Waals surface area contributed by atoms with Crippen LogP contribution in [0.25, 0.3) is 0 Å². The van der Waals surface area contributed by atoms with Gasteiger partial charge in [0.15, 0.2) is 11.6 Å². The molecule has 0 unspecified atom stereocenters. The van der Waals surface area contributed by atoms with Crippen molar-refractivity contribution in [2.75, 3.05) is 11.4 Å². The van der Waals surface area contributed by atoms with Gasteiger partial charge in [-0.15, -0.1) is 0 Å². The Labute approximate surface area is 228 Å². The summed E-state index contributed by atoms with van der Waals surface area (Å²) in [4.78, 5) is 68.2. The van der Waals surface area contributed by atoms with Gasteiger partial charge in [0, 0.05) is 12.5 Å². The second kappa shape index (κ2) is 9.11. The number of amides is 4. The number of rotatable bonds is 5. The Kier molecular flexibility index (Phi) is 5.90. The number of para-hydroxylation sites is 1. The first-order chi connectivity index (χ1) is 19.1. The van der Waals surface area contributed by atoms with Crippen LogP contribution in [0.3, 0.4) is 0 Å². The van der Waals surface area contributed by atoms with Crippen LogP contribution in [0.15, 0.2) is 60.2 Å². The monoisotopic (exact) mass is 546 g/mol. The number of fused-ring (bicyclic) bond motifs is 4. The highest BCUT2D eigenvalue weighted by Gasteiger charge is 2.67. The highest BCUT2D eigenvalue weighted by Crippen LogP contribution is 2.63. The first-order valence-electron chi connectivity index (χ1n) is 13.2. The van der Waals surface area contributed by atoms with E-state index in [-0.39, 0.29) is 25.8 Å². The number of phenols is 1. The number of carboxylic acid groups (broad SMARTS) is 1. The lowest BCUT2D eigenvalue weighted by molar-refractivity contribution is -0.142. The van der Waals surface area contributed by atoms with E-state index in [0.29, 0.717) is 16.8 Å². The molecule has 2 heterocycles. The van der Waals surface area contributed by atoms with Gasteiger partial charge in [0.25, 0.3) is 0 Å². The van der Waals surface area contributed by atoms with Gasteiger partial charge in [0.05, 0.1) is 35.3 Å². The van der Waals surface area contributed by atoms with Gasteiger partial charge in [-0.2, -0.15) is 0 Å². The second-order valence-corrected chi connectivity index (χ2v) is 11.2. The molecule has 10 heteroatoms. The van der Waals surface area contributed by atoms with Crippen molar-refractivity contribution < 1.29 is 38.6 Å². The third-order valence-electron chi connectivity index (χ3n) is 9.23. The number of imide groups is 2. The van der Waals surface area contributed by atoms with Crippen LogP contribution in [0.5, 0.6) is 5.75 Å². The molecule has 2 saturated heterocycles. The number of benzene rings is 2. The lowest BCUT2D eigenvalue weighted by Crippen LogP contribution is -2.48. The molecule has 0 bridgehead atoms. The minimum Gasteiger partial charge on any atom is -0.505 e. The fourth-order valence-electron chi connectivity index (χ4n) is 7.41. The Morgan fingerprint density at radius 2 is 1.75 bits per heavy atom. The van der Waals surface area contributed by atoms with Crippen molar-refractivity contribution in [1.82, 2.24) is 4.90 Å². The summed E-state index contributed by atoms with van der Waals surface area (Å²) in [5.41, 5.74) is 0.154. The molecule has 206 valence electrons. The van der Waals surface area contributed by atoms with Crippen molar-refractivity contribution in [2.45, 2.75) is 32.1 Å².